The van der Waals surface area contributed by atoms with E-state index in [0.717, 1.165) is 17.9 Å². The minimum Gasteiger partial charge on any atom is -0.488 e. The summed E-state index contributed by atoms with van der Waals surface area (Å²) in [6, 6.07) is 3.53. The molecule has 1 unspecified atom stereocenters. The van der Waals surface area contributed by atoms with Gasteiger partial charge in [0.25, 0.3) is 0 Å². The van der Waals surface area contributed by atoms with Gasteiger partial charge >= 0.3 is 0 Å². The molecule has 0 saturated carbocycles. The van der Waals surface area contributed by atoms with Gasteiger partial charge in [0.05, 0.1) is 17.5 Å². The van der Waals surface area contributed by atoms with Gasteiger partial charge in [-0.05, 0) is 26.0 Å². The van der Waals surface area contributed by atoms with Gasteiger partial charge in [0.1, 0.15) is 0 Å². The van der Waals surface area contributed by atoms with Crippen molar-refractivity contribution in [3.63, 3.8) is 0 Å². The quantitative estimate of drug-likeness (QED) is 0.862. The highest BCUT2D eigenvalue weighted by Gasteiger charge is 2.23. The van der Waals surface area contributed by atoms with Crippen molar-refractivity contribution in [1.29, 1.82) is 0 Å². The molecule has 1 aliphatic heterocycles. The zero-order chi connectivity index (χ0) is 14.0. The Hall–Kier alpha value is -1.10. The molecule has 1 saturated heterocycles. The molecule has 0 amide bonds. The number of rotatable bonds is 4. The number of nitrogen functional groups attached to an aromatic ring is 1. The highest BCUT2D eigenvalue weighted by molar-refractivity contribution is 7.99. The van der Waals surface area contributed by atoms with E-state index in [1.807, 2.05) is 32.7 Å². The number of hydrogen-bond donors (Lipinski definition) is 1. The van der Waals surface area contributed by atoms with Crippen molar-refractivity contribution in [2.24, 2.45) is 0 Å². The molecular weight excluding hydrogens is 263 g/mol. The van der Waals surface area contributed by atoms with E-state index in [0.29, 0.717) is 11.7 Å². The van der Waals surface area contributed by atoms with Gasteiger partial charge in [0.2, 0.25) is 0 Å². The van der Waals surface area contributed by atoms with Gasteiger partial charge in [-0.25, -0.2) is 4.39 Å². The summed E-state index contributed by atoms with van der Waals surface area (Å²) in [5.74, 6) is 2.14. The maximum absolute atomic E-state index is 13.8. The van der Waals surface area contributed by atoms with Crippen LogP contribution in [-0.4, -0.2) is 30.7 Å². The average molecular weight is 284 g/mol. The van der Waals surface area contributed by atoms with Crippen LogP contribution in [-0.2, 0) is 0 Å². The molecule has 3 nitrogen and oxygen atoms in total. The molecule has 5 heteroatoms. The lowest BCUT2D eigenvalue weighted by Crippen LogP contribution is -2.32. The molecule has 0 spiro atoms. The van der Waals surface area contributed by atoms with Gasteiger partial charge in [-0.2, -0.15) is 11.8 Å². The predicted molar refractivity (Wildman–Crippen MR) is 80.7 cm³/mol. The van der Waals surface area contributed by atoms with Crippen LogP contribution in [0.1, 0.15) is 20.3 Å². The second-order valence-electron chi connectivity index (χ2n) is 5.14. The summed E-state index contributed by atoms with van der Waals surface area (Å²) >= 11 is 1.94. The summed E-state index contributed by atoms with van der Waals surface area (Å²) in [6.45, 7) is 3.76. The Kier molecular flexibility index (Phi) is 4.45. The monoisotopic (exact) mass is 284 g/mol. The highest BCUT2D eigenvalue weighted by Crippen LogP contribution is 2.34. The molecule has 0 bridgehead atoms. The van der Waals surface area contributed by atoms with E-state index in [1.54, 1.807) is 6.07 Å². The lowest BCUT2D eigenvalue weighted by molar-refractivity contribution is 0.231. The third kappa shape index (κ3) is 3.26. The normalized spacial score (nSPS) is 18.9. The van der Waals surface area contributed by atoms with E-state index in [1.165, 1.54) is 11.8 Å². The molecule has 1 aliphatic rings. The van der Waals surface area contributed by atoms with Crippen molar-refractivity contribution in [1.82, 2.24) is 0 Å². The minimum absolute atomic E-state index is 0.0571. The number of nitrogens with two attached hydrogens (primary N) is 1. The first-order valence-electron chi connectivity index (χ1n) is 6.55. The number of ether oxygens (including phenoxy) is 1. The molecule has 1 aromatic rings. The van der Waals surface area contributed by atoms with Gasteiger partial charge in [-0.1, -0.05) is 0 Å². The minimum atomic E-state index is -0.399. The van der Waals surface area contributed by atoms with Crippen LogP contribution in [0.15, 0.2) is 12.1 Å². The SMILES string of the molecule is CC(C)Oc1cc(N(C)C2CCSC2)c(N)cc1F. The molecule has 1 heterocycles. The van der Waals surface area contributed by atoms with Crippen LogP contribution in [0.4, 0.5) is 15.8 Å². The maximum Gasteiger partial charge on any atom is 0.167 e. The standard InChI is InChI=1S/C14H21FN2OS/c1-9(2)18-14-7-13(12(16)6-11(14)15)17(3)10-4-5-19-8-10/h6-7,9-10H,4-5,8,16H2,1-3H3. The lowest BCUT2D eigenvalue weighted by atomic mass is 10.1. The van der Waals surface area contributed by atoms with Crippen LogP contribution < -0.4 is 15.4 Å². The molecule has 2 N–H and O–H groups in total. The Morgan fingerprint density at radius 2 is 2.21 bits per heavy atom. The molecule has 1 fully saturated rings. The van der Waals surface area contributed by atoms with Crippen molar-refractivity contribution in [3.05, 3.63) is 17.9 Å². The molecule has 0 aromatic heterocycles. The van der Waals surface area contributed by atoms with E-state index >= 15 is 0 Å². The lowest BCUT2D eigenvalue weighted by Gasteiger charge is -2.28. The van der Waals surface area contributed by atoms with Crippen molar-refractivity contribution < 1.29 is 9.13 Å². The third-order valence-electron chi connectivity index (χ3n) is 3.28. The van der Waals surface area contributed by atoms with Crippen LogP contribution in [0.3, 0.4) is 0 Å². The predicted octanol–water partition coefficient (Wildman–Crippen LogP) is 3.14. The van der Waals surface area contributed by atoms with E-state index < -0.39 is 5.82 Å². The molecule has 0 radical (unpaired) electrons. The van der Waals surface area contributed by atoms with Crippen molar-refractivity contribution >= 4 is 23.1 Å². The van der Waals surface area contributed by atoms with Crippen molar-refractivity contribution in [2.45, 2.75) is 32.4 Å². The number of hydrogen-bond acceptors (Lipinski definition) is 4. The Bertz CT molecular complexity index is 447. The first-order chi connectivity index (χ1) is 8.99. The molecular formula is C14H21FN2OS. The first kappa shape index (κ1) is 14.3. The largest absolute Gasteiger partial charge is 0.488 e. The number of thioether (sulfide) groups is 1. The van der Waals surface area contributed by atoms with Gasteiger partial charge in [0.15, 0.2) is 11.6 Å². The fourth-order valence-corrected chi connectivity index (χ4v) is 3.50. The van der Waals surface area contributed by atoms with Gasteiger partial charge in [0, 0.05) is 31.0 Å². The van der Waals surface area contributed by atoms with E-state index in [2.05, 4.69) is 4.90 Å². The van der Waals surface area contributed by atoms with Crippen LogP contribution in [0.5, 0.6) is 5.75 Å². The zero-order valence-corrected chi connectivity index (χ0v) is 12.5. The van der Waals surface area contributed by atoms with Gasteiger partial charge in [-0.15, -0.1) is 0 Å². The van der Waals surface area contributed by atoms with E-state index in [4.69, 9.17) is 10.5 Å². The summed E-state index contributed by atoms with van der Waals surface area (Å²) in [4.78, 5) is 2.14. The number of anilines is 2. The molecule has 19 heavy (non-hydrogen) atoms. The number of benzene rings is 1. The molecule has 106 valence electrons. The van der Waals surface area contributed by atoms with Gasteiger partial charge < -0.3 is 15.4 Å². The summed E-state index contributed by atoms with van der Waals surface area (Å²) in [7, 11) is 2.01. The molecule has 2 rings (SSSR count). The second kappa shape index (κ2) is 5.90. The van der Waals surface area contributed by atoms with Crippen molar-refractivity contribution in [3.8, 4) is 5.75 Å². The van der Waals surface area contributed by atoms with Crippen LogP contribution in [0, 0.1) is 5.82 Å². The summed E-state index contributed by atoms with van der Waals surface area (Å²) in [5.41, 5.74) is 7.26. The zero-order valence-electron chi connectivity index (χ0n) is 11.6. The first-order valence-corrected chi connectivity index (χ1v) is 7.70. The third-order valence-corrected chi connectivity index (χ3v) is 4.42. The Labute approximate surface area is 118 Å². The van der Waals surface area contributed by atoms with Crippen LogP contribution in [0.25, 0.3) is 0 Å². The fourth-order valence-electron chi connectivity index (χ4n) is 2.23. The fraction of sp³-hybridized carbons (Fsp3) is 0.571. The van der Waals surface area contributed by atoms with Crippen molar-refractivity contribution in [2.75, 3.05) is 29.2 Å². The molecule has 1 aromatic carbocycles. The maximum atomic E-state index is 13.8. The topological polar surface area (TPSA) is 38.5 Å². The van der Waals surface area contributed by atoms with E-state index in [9.17, 15) is 4.39 Å². The van der Waals surface area contributed by atoms with Crippen LogP contribution in [0.2, 0.25) is 0 Å². The average Bonchev–Trinajstić information content (AvgIpc) is 2.85. The Morgan fingerprint density at radius 1 is 1.47 bits per heavy atom. The summed E-state index contributed by atoms with van der Waals surface area (Å²) in [5, 5.41) is 0. The summed E-state index contributed by atoms with van der Waals surface area (Å²) < 4.78 is 19.3. The molecule has 0 aliphatic carbocycles. The number of halogens is 1. The summed E-state index contributed by atoms with van der Waals surface area (Å²) in [6.07, 6.45) is 1.08. The smallest absolute Gasteiger partial charge is 0.167 e. The second-order valence-corrected chi connectivity index (χ2v) is 6.29. The number of nitrogens with zero attached hydrogens (tertiary/aromatic N) is 1. The van der Waals surface area contributed by atoms with Gasteiger partial charge in [-0.3, -0.25) is 0 Å². The van der Waals surface area contributed by atoms with E-state index in [-0.39, 0.29) is 11.9 Å². The highest BCUT2D eigenvalue weighted by atomic mass is 32.2. The van der Waals surface area contributed by atoms with Crippen LogP contribution >= 0.6 is 11.8 Å². The molecule has 1 atom stereocenters. The Morgan fingerprint density at radius 3 is 2.79 bits per heavy atom. The Balaban J connectivity index is 2.28.